The van der Waals surface area contributed by atoms with Crippen LogP contribution >= 0.6 is 0 Å². The molecule has 2 aromatic carbocycles. The molecule has 2 amide bonds. The van der Waals surface area contributed by atoms with Gasteiger partial charge >= 0.3 is 18.4 Å². The van der Waals surface area contributed by atoms with Crippen LogP contribution in [0, 0.1) is 0 Å². The van der Waals surface area contributed by atoms with Crippen molar-refractivity contribution in [3.63, 3.8) is 0 Å². The number of cyclic esters (lactones) is 1. The van der Waals surface area contributed by atoms with Gasteiger partial charge in [-0.15, -0.1) is 0 Å². The van der Waals surface area contributed by atoms with E-state index in [9.17, 15) is 22.8 Å². The minimum atomic E-state index is -4.91. The second-order valence-electron chi connectivity index (χ2n) is 12.8. The molecule has 13 heteroatoms. The molecular formula is C34H36F3N5O5. The van der Waals surface area contributed by atoms with Crippen molar-refractivity contribution in [2.24, 2.45) is 0 Å². The second kappa shape index (κ2) is 12.1. The van der Waals surface area contributed by atoms with Crippen LogP contribution in [-0.2, 0) is 16.0 Å². The molecule has 0 saturated carbocycles. The highest BCUT2D eigenvalue weighted by atomic mass is 19.4. The molecule has 2 aliphatic rings. The number of amides is 2. The summed E-state index contributed by atoms with van der Waals surface area (Å²) in [5.41, 5.74) is 0.959. The number of methoxy groups -OCH3 is 1. The maximum absolute atomic E-state index is 14.6. The maximum Gasteiger partial charge on any atom is 0.430 e. The monoisotopic (exact) mass is 651 g/mol. The van der Waals surface area contributed by atoms with E-state index in [-0.39, 0.29) is 41.7 Å². The first-order valence-electron chi connectivity index (χ1n) is 15.4. The van der Waals surface area contributed by atoms with Gasteiger partial charge in [0, 0.05) is 29.7 Å². The number of para-hydroxylation sites is 1. The van der Waals surface area contributed by atoms with Gasteiger partial charge in [0.25, 0.3) is 0 Å². The number of anilines is 1. The fraction of sp³-hybridized carbons (Fsp3) is 0.412. The summed E-state index contributed by atoms with van der Waals surface area (Å²) in [5, 5.41) is 5.57. The van der Waals surface area contributed by atoms with Gasteiger partial charge in [0.1, 0.15) is 22.9 Å². The van der Waals surface area contributed by atoms with Gasteiger partial charge in [-0.05, 0) is 70.4 Å². The number of carbonyl (C=O) groups is 2. The van der Waals surface area contributed by atoms with Crippen LogP contribution in [0.25, 0.3) is 22.2 Å². The molecule has 2 aromatic heterocycles. The molecule has 0 N–H and O–H groups in total. The van der Waals surface area contributed by atoms with E-state index in [1.807, 2.05) is 50.6 Å². The molecule has 0 aliphatic carbocycles. The van der Waals surface area contributed by atoms with E-state index in [1.54, 1.807) is 35.2 Å². The third-order valence-corrected chi connectivity index (χ3v) is 8.41. The summed E-state index contributed by atoms with van der Waals surface area (Å²) in [5.74, 6) is 0.454. The largest absolute Gasteiger partial charge is 0.497 e. The first kappa shape index (κ1) is 32.1. The second-order valence-corrected chi connectivity index (χ2v) is 12.8. The number of carbonyl (C=O) groups excluding carboxylic acids is 2. The molecule has 1 fully saturated rings. The van der Waals surface area contributed by atoms with E-state index in [4.69, 9.17) is 19.3 Å². The van der Waals surface area contributed by atoms with Crippen molar-refractivity contribution in [1.29, 1.82) is 0 Å². The third-order valence-electron chi connectivity index (χ3n) is 8.41. The summed E-state index contributed by atoms with van der Waals surface area (Å²) in [7, 11) is 1.52. The number of rotatable bonds is 5. The minimum absolute atomic E-state index is 0.0693. The lowest BCUT2D eigenvalue weighted by Gasteiger charge is -2.38. The van der Waals surface area contributed by atoms with Crippen LogP contribution < -0.4 is 9.64 Å². The Bertz CT molecular complexity index is 1800. The summed E-state index contributed by atoms with van der Waals surface area (Å²) >= 11 is 0. The first-order chi connectivity index (χ1) is 22.2. The summed E-state index contributed by atoms with van der Waals surface area (Å²) in [4.78, 5) is 33.0. The summed E-state index contributed by atoms with van der Waals surface area (Å²) in [6, 6.07) is 15.4. The van der Waals surface area contributed by atoms with Gasteiger partial charge in [0.05, 0.1) is 30.8 Å². The quantitative estimate of drug-likeness (QED) is 0.217. The number of aromatic nitrogens is 3. The molecule has 6 rings (SSSR count). The van der Waals surface area contributed by atoms with E-state index in [2.05, 4.69) is 4.98 Å². The molecule has 1 saturated heterocycles. The van der Waals surface area contributed by atoms with E-state index in [0.29, 0.717) is 41.8 Å². The summed E-state index contributed by atoms with van der Waals surface area (Å²) in [6.45, 7) is 7.77. The predicted octanol–water partition coefficient (Wildman–Crippen LogP) is 7.83. The Morgan fingerprint density at radius 2 is 1.79 bits per heavy atom. The van der Waals surface area contributed by atoms with Crippen LogP contribution in [-0.4, -0.2) is 63.3 Å². The smallest absolute Gasteiger partial charge is 0.430 e. The lowest BCUT2D eigenvalue weighted by atomic mass is 9.96. The van der Waals surface area contributed by atoms with Crippen molar-refractivity contribution < 1.29 is 37.0 Å². The number of nitrogens with zero attached hydrogens (tertiary/aromatic N) is 5. The Hall–Kier alpha value is -4.81. The summed E-state index contributed by atoms with van der Waals surface area (Å²) < 4.78 is 61.5. The van der Waals surface area contributed by atoms with E-state index in [1.165, 1.54) is 19.4 Å². The molecule has 3 atom stereocenters. The maximum atomic E-state index is 14.6. The van der Waals surface area contributed by atoms with Crippen LogP contribution in [0.5, 0.6) is 5.75 Å². The zero-order valence-corrected chi connectivity index (χ0v) is 26.7. The number of piperidine rings is 1. The molecule has 47 heavy (non-hydrogen) atoms. The zero-order chi connectivity index (χ0) is 33.7. The zero-order valence-electron chi connectivity index (χ0n) is 26.7. The average molecular weight is 652 g/mol. The lowest BCUT2D eigenvalue weighted by Crippen LogP contribution is -2.47. The molecule has 2 aliphatic heterocycles. The molecule has 0 unspecified atom stereocenters. The van der Waals surface area contributed by atoms with Crippen molar-refractivity contribution in [3.8, 4) is 17.0 Å². The van der Waals surface area contributed by atoms with Gasteiger partial charge < -0.3 is 19.1 Å². The third kappa shape index (κ3) is 6.30. The number of pyridine rings is 1. The number of halogens is 3. The number of benzene rings is 2. The van der Waals surface area contributed by atoms with Gasteiger partial charge in [0.2, 0.25) is 6.10 Å². The van der Waals surface area contributed by atoms with Gasteiger partial charge in [-0.3, -0.25) is 9.58 Å². The van der Waals surface area contributed by atoms with Crippen LogP contribution in [0.4, 0.5) is 28.6 Å². The Morgan fingerprint density at radius 3 is 2.45 bits per heavy atom. The molecule has 0 radical (unpaired) electrons. The minimum Gasteiger partial charge on any atom is -0.497 e. The van der Waals surface area contributed by atoms with E-state index in [0.717, 1.165) is 10.4 Å². The van der Waals surface area contributed by atoms with Crippen molar-refractivity contribution in [1.82, 2.24) is 19.7 Å². The van der Waals surface area contributed by atoms with Gasteiger partial charge in [0.15, 0.2) is 0 Å². The van der Waals surface area contributed by atoms with Gasteiger partial charge in [-0.2, -0.15) is 18.3 Å². The molecule has 0 spiro atoms. The Kier molecular flexibility index (Phi) is 8.27. The van der Waals surface area contributed by atoms with Crippen LogP contribution in [0.2, 0.25) is 0 Å². The van der Waals surface area contributed by atoms with Crippen molar-refractivity contribution in [2.75, 3.05) is 18.6 Å². The van der Waals surface area contributed by atoms with E-state index >= 15 is 0 Å². The molecule has 248 valence electrons. The lowest BCUT2D eigenvalue weighted by molar-refractivity contribution is -0.207. The van der Waals surface area contributed by atoms with Crippen LogP contribution in [0.15, 0.2) is 60.8 Å². The molecule has 4 aromatic rings. The van der Waals surface area contributed by atoms with Crippen LogP contribution in [0.3, 0.4) is 0 Å². The number of fused-ring (bicyclic) bond motifs is 2. The Balaban J connectivity index is 1.41. The highest BCUT2D eigenvalue weighted by Gasteiger charge is 2.51. The fourth-order valence-electron chi connectivity index (χ4n) is 6.26. The fourth-order valence-corrected chi connectivity index (χ4v) is 6.26. The Morgan fingerprint density at radius 1 is 1.06 bits per heavy atom. The van der Waals surface area contributed by atoms with Gasteiger partial charge in [-0.1, -0.05) is 30.3 Å². The topological polar surface area (TPSA) is 99.0 Å². The number of hydrogen-bond acceptors (Lipinski definition) is 7. The Labute approximate surface area is 270 Å². The number of likely N-dealkylation sites (tertiary alicyclic amines) is 1. The normalized spacial score (nSPS) is 20.2. The number of ether oxygens (including phenoxy) is 3. The van der Waals surface area contributed by atoms with Gasteiger partial charge in [-0.25, -0.2) is 14.6 Å². The van der Waals surface area contributed by atoms with Crippen molar-refractivity contribution in [3.05, 3.63) is 71.9 Å². The predicted molar refractivity (Wildman–Crippen MR) is 168 cm³/mol. The van der Waals surface area contributed by atoms with E-state index < -0.39 is 24.0 Å². The number of alkyl halides is 3. The molecule has 10 nitrogen and oxygen atoms in total. The first-order valence-corrected chi connectivity index (χ1v) is 15.4. The number of hydrogen-bond donors (Lipinski definition) is 0. The molecule has 4 heterocycles. The van der Waals surface area contributed by atoms with Crippen LogP contribution in [0.1, 0.15) is 63.8 Å². The highest BCUT2D eigenvalue weighted by molar-refractivity contribution is 5.97. The van der Waals surface area contributed by atoms with Crippen molar-refractivity contribution >= 4 is 28.9 Å². The molecular weight excluding hydrogens is 615 g/mol. The standard InChI is InChI=1S/C34H36F3N5O5/c1-20-18-22(15-17-40(20)32(44)47-33(2,3)4)42-26-9-7-6-8-24(26)28(39-42)25-14-16-38-30-27(25)29(34(35,36)37)46-31(43)41(30)19-21-10-12-23(45-5)13-11-21/h6-14,16,20,22,29H,15,17-19H2,1-5H3/t20-,22+,29+/m0/s1. The average Bonchev–Trinajstić information content (AvgIpc) is 3.40. The highest BCUT2D eigenvalue weighted by Crippen LogP contribution is 2.48. The SMILES string of the molecule is COc1ccc(CN2C(=O)O[C@@H](C(F)(F)F)c3c(-c4nn([C@@H]5CCN(C(=O)OC(C)(C)C)[C@@H](C)C5)c5ccccc45)ccnc32)cc1. The molecule has 0 bridgehead atoms. The van der Waals surface area contributed by atoms with Crippen molar-refractivity contribution in [2.45, 2.75) is 77.0 Å². The summed E-state index contributed by atoms with van der Waals surface area (Å²) in [6.07, 6.45) is -6.46.